The number of nitrogens with zero attached hydrogens (tertiary/aromatic N) is 3. The topological polar surface area (TPSA) is 43.9 Å². The van der Waals surface area contributed by atoms with Gasteiger partial charge in [0.2, 0.25) is 0 Å². The maximum absolute atomic E-state index is 6.60. The Kier molecular flexibility index (Phi) is 4.47. The third-order valence-electron chi connectivity index (χ3n) is 7.02. The van der Waals surface area contributed by atoms with Crippen LogP contribution in [0.2, 0.25) is 19.6 Å². The largest absolute Gasteiger partial charge is 0.455 e. The van der Waals surface area contributed by atoms with Crippen LogP contribution in [0.15, 0.2) is 102 Å². The maximum Gasteiger partial charge on any atom is 0.149 e. The van der Waals surface area contributed by atoms with Gasteiger partial charge in [0.15, 0.2) is 0 Å². The number of fused-ring (bicyclic) bond motifs is 6. The lowest BCUT2D eigenvalue weighted by Gasteiger charge is -2.15. The van der Waals surface area contributed by atoms with E-state index in [1.54, 1.807) is 0 Å². The lowest BCUT2D eigenvalue weighted by Crippen LogP contribution is -2.37. The van der Waals surface area contributed by atoms with Gasteiger partial charge in [-0.25, -0.2) is 4.98 Å². The van der Waals surface area contributed by atoms with Gasteiger partial charge in [0.05, 0.1) is 30.9 Å². The molecule has 36 heavy (non-hydrogen) atoms. The molecule has 0 radical (unpaired) electrons. The van der Waals surface area contributed by atoms with Crippen molar-refractivity contribution in [3.05, 3.63) is 97.2 Å². The molecule has 0 saturated carbocycles. The summed E-state index contributed by atoms with van der Waals surface area (Å²) in [4.78, 5) is 9.99. The minimum Gasteiger partial charge on any atom is -0.455 e. The Morgan fingerprint density at radius 1 is 0.750 bits per heavy atom. The van der Waals surface area contributed by atoms with E-state index in [2.05, 4.69) is 90.9 Å². The summed E-state index contributed by atoms with van der Waals surface area (Å²) in [5, 5.41) is 4.69. The van der Waals surface area contributed by atoms with Crippen molar-refractivity contribution < 1.29 is 4.42 Å². The van der Waals surface area contributed by atoms with Crippen LogP contribution in [-0.2, 0) is 0 Å². The Hall–Kier alpha value is -4.22. The van der Waals surface area contributed by atoms with Crippen LogP contribution < -0.4 is 5.19 Å². The first-order chi connectivity index (χ1) is 17.5. The van der Waals surface area contributed by atoms with Gasteiger partial charge in [0.1, 0.15) is 22.5 Å². The summed E-state index contributed by atoms with van der Waals surface area (Å²) >= 11 is 0. The highest BCUT2D eigenvalue weighted by molar-refractivity contribution is 6.88. The lowest BCUT2D eigenvalue weighted by atomic mass is 10.1. The molecule has 0 aliphatic rings. The van der Waals surface area contributed by atoms with Gasteiger partial charge >= 0.3 is 0 Å². The van der Waals surface area contributed by atoms with E-state index >= 15 is 0 Å². The third kappa shape index (κ3) is 3.13. The van der Waals surface area contributed by atoms with Crippen LogP contribution in [0.1, 0.15) is 0 Å². The predicted octanol–water partition coefficient (Wildman–Crippen LogP) is 7.69. The second-order valence-corrected chi connectivity index (χ2v) is 15.4. The number of para-hydroxylation sites is 3. The van der Waals surface area contributed by atoms with Crippen molar-refractivity contribution in [2.24, 2.45) is 0 Å². The summed E-state index contributed by atoms with van der Waals surface area (Å²) in [5.41, 5.74) is 6.67. The average molecular weight is 484 g/mol. The van der Waals surface area contributed by atoms with Crippen molar-refractivity contribution in [2.75, 3.05) is 0 Å². The molecule has 0 N–H and O–H groups in total. The summed E-state index contributed by atoms with van der Waals surface area (Å²) in [6.07, 6.45) is 1.93. The number of benzene rings is 4. The Bertz CT molecular complexity index is 1930. The Morgan fingerprint density at radius 3 is 2.36 bits per heavy atom. The standard InChI is InChI=1S/C31H25N3OSi/c1-36(2,3)21-16-17-22-23-13-9-14-25(30(23)35-28(22)18-21)31-33-29-24-12-7-8-15-26(24)32-19-27(29)34(31)20-10-5-4-6-11-20/h4-19H,1-3H3. The highest BCUT2D eigenvalue weighted by atomic mass is 28.3. The second-order valence-electron chi connectivity index (χ2n) is 10.4. The van der Waals surface area contributed by atoms with E-state index in [0.29, 0.717) is 0 Å². The molecule has 4 aromatic carbocycles. The predicted molar refractivity (Wildman–Crippen MR) is 152 cm³/mol. The molecule has 0 atom stereocenters. The van der Waals surface area contributed by atoms with Crippen molar-refractivity contribution in [3.8, 4) is 17.1 Å². The van der Waals surface area contributed by atoms with Gasteiger partial charge in [-0.3, -0.25) is 9.55 Å². The molecular weight excluding hydrogens is 458 g/mol. The summed E-state index contributed by atoms with van der Waals surface area (Å²) < 4.78 is 8.80. The highest BCUT2D eigenvalue weighted by Gasteiger charge is 2.22. The summed E-state index contributed by atoms with van der Waals surface area (Å²) in [5.74, 6) is 0.851. The van der Waals surface area contributed by atoms with Crippen LogP contribution >= 0.6 is 0 Å². The quantitative estimate of drug-likeness (QED) is 0.242. The fourth-order valence-corrected chi connectivity index (χ4v) is 6.27. The first kappa shape index (κ1) is 21.1. The molecule has 7 aromatic rings. The number of furan rings is 1. The number of aromatic nitrogens is 3. The Morgan fingerprint density at radius 2 is 1.53 bits per heavy atom. The highest BCUT2D eigenvalue weighted by Crippen LogP contribution is 2.38. The Labute approximate surface area is 209 Å². The molecule has 174 valence electrons. The monoisotopic (exact) mass is 483 g/mol. The minimum absolute atomic E-state index is 0.851. The van der Waals surface area contributed by atoms with Gasteiger partial charge in [-0.2, -0.15) is 0 Å². The molecule has 0 amide bonds. The van der Waals surface area contributed by atoms with Crippen molar-refractivity contribution in [2.45, 2.75) is 19.6 Å². The van der Waals surface area contributed by atoms with Crippen molar-refractivity contribution in [1.29, 1.82) is 0 Å². The molecular formula is C31H25N3OSi. The van der Waals surface area contributed by atoms with E-state index in [0.717, 1.165) is 61.0 Å². The minimum atomic E-state index is -1.46. The van der Waals surface area contributed by atoms with E-state index < -0.39 is 8.07 Å². The molecule has 0 spiro atoms. The molecule has 0 saturated heterocycles. The maximum atomic E-state index is 6.60. The van der Waals surface area contributed by atoms with E-state index in [4.69, 9.17) is 14.4 Å². The number of rotatable bonds is 3. The zero-order valence-electron chi connectivity index (χ0n) is 20.5. The number of hydrogen-bond donors (Lipinski definition) is 0. The second kappa shape index (κ2) is 7.64. The van der Waals surface area contributed by atoms with Crippen LogP contribution in [-0.4, -0.2) is 22.6 Å². The Balaban J connectivity index is 1.58. The summed E-state index contributed by atoms with van der Waals surface area (Å²) in [6, 6.07) is 31.6. The van der Waals surface area contributed by atoms with Gasteiger partial charge in [-0.15, -0.1) is 0 Å². The van der Waals surface area contributed by atoms with Gasteiger partial charge in [-0.05, 0) is 30.3 Å². The molecule has 7 rings (SSSR count). The number of pyridine rings is 1. The number of hydrogen-bond acceptors (Lipinski definition) is 3. The molecule has 0 aliphatic heterocycles. The van der Waals surface area contributed by atoms with Crippen LogP contribution in [0.3, 0.4) is 0 Å². The zero-order chi connectivity index (χ0) is 24.4. The third-order valence-corrected chi connectivity index (χ3v) is 9.06. The van der Waals surface area contributed by atoms with E-state index in [9.17, 15) is 0 Å². The van der Waals surface area contributed by atoms with E-state index in [-0.39, 0.29) is 0 Å². The SMILES string of the molecule is C[Si](C)(C)c1ccc2c(c1)oc1c(-c3nc4c5ccccc5ncc4n3-c3ccccc3)cccc12. The molecule has 0 fully saturated rings. The summed E-state index contributed by atoms with van der Waals surface area (Å²) in [7, 11) is -1.46. The molecule has 0 unspecified atom stereocenters. The first-order valence-electron chi connectivity index (χ1n) is 12.3. The molecule has 4 nitrogen and oxygen atoms in total. The average Bonchev–Trinajstić information content (AvgIpc) is 3.47. The van der Waals surface area contributed by atoms with Crippen LogP contribution in [0, 0.1) is 0 Å². The number of imidazole rings is 1. The normalized spacial score (nSPS) is 12.3. The van der Waals surface area contributed by atoms with Crippen LogP contribution in [0.4, 0.5) is 0 Å². The van der Waals surface area contributed by atoms with Gasteiger partial charge in [0, 0.05) is 21.8 Å². The molecule has 3 heterocycles. The van der Waals surface area contributed by atoms with Crippen molar-refractivity contribution >= 4 is 57.1 Å². The fraction of sp³-hybridized carbons (Fsp3) is 0.0968. The van der Waals surface area contributed by atoms with Gasteiger partial charge in [-0.1, -0.05) is 85.5 Å². The van der Waals surface area contributed by atoms with Crippen molar-refractivity contribution in [1.82, 2.24) is 14.5 Å². The smallest absolute Gasteiger partial charge is 0.149 e. The van der Waals surface area contributed by atoms with Crippen molar-refractivity contribution in [3.63, 3.8) is 0 Å². The zero-order valence-corrected chi connectivity index (χ0v) is 21.5. The first-order valence-corrected chi connectivity index (χ1v) is 15.8. The molecule has 5 heteroatoms. The van der Waals surface area contributed by atoms with Crippen LogP contribution in [0.5, 0.6) is 0 Å². The molecule has 0 bridgehead atoms. The lowest BCUT2D eigenvalue weighted by molar-refractivity contribution is 0.669. The van der Waals surface area contributed by atoms with Gasteiger partial charge in [0.25, 0.3) is 0 Å². The summed E-state index contributed by atoms with van der Waals surface area (Å²) in [6.45, 7) is 7.09. The molecule has 3 aromatic heterocycles. The van der Waals surface area contributed by atoms with Crippen LogP contribution in [0.25, 0.3) is 61.0 Å². The van der Waals surface area contributed by atoms with E-state index in [1.165, 1.54) is 5.19 Å². The fourth-order valence-electron chi connectivity index (χ4n) is 5.13. The van der Waals surface area contributed by atoms with E-state index in [1.807, 2.05) is 30.5 Å². The van der Waals surface area contributed by atoms with Gasteiger partial charge < -0.3 is 4.42 Å². The molecule has 0 aliphatic carbocycles.